The van der Waals surface area contributed by atoms with Gasteiger partial charge in [-0.3, -0.25) is 9.48 Å². The Balaban J connectivity index is 1.60. The van der Waals surface area contributed by atoms with E-state index in [4.69, 9.17) is 5.73 Å². The minimum Gasteiger partial charge on any atom is -0.354 e. The number of aromatic nitrogens is 2. The number of hydrogen-bond acceptors (Lipinski definition) is 3. The third kappa shape index (κ3) is 3.51. The second-order valence-corrected chi connectivity index (χ2v) is 7.09. The first kappa shape index (κ1) is 15.5. The Kier molecular flexibility index (Phi) is 4.81. The molecule has 2 aliphatic rings. The molecule has 2 unspecified atom stereocenters. The van der Waals surface area contributed by atoms with Gasteiger partial charge in [0.25, 0.3) is 0 Å². The van der Waals surface area contributed by atoms with Crippen molar-refractivity contribution in [3.8, 4) is 0 Å². The highest BCUT2D eigenvalue weighted by Crippen LogP contribution is 2.34. The lowest BCUT2D eigenvalue weighted by Crippen LogP contribution is -2.52. The van der Waals surface area contributed by atoms with Crippen LogP contribution in [0.2, 0.25) is 0 Å². The van der Waals surface area contributed by atoms with Crippen molar-refractivity contribution in [2.45, 2.75) is 69.4 Å². The molecular weight excluding hydrogens is 276 g/mol. The molecule has 3 N–H and O–H groups in total. The van der Waals surface area contributed by atoms with Gasteiger partial charge in [0, 0.05) is 24.5 Å². The van der Waals surface area contributed by atoms with Crippen LogP contribution in [0.5, 0.6) is 0 Å². The molecule has 22 heavy (non-hydrogen) atoms. The van der Waals surface area contributed by atoms with Crippen LogP contribution in [0.15, 0.2) is 18.5 Å². The van der Waals surface area contributed by atoms with E-state index in [1.165, 1.54) is 25.7 Å². The van der Waals surface area contributed by atoms with Crippen molar-refractivity contribution in [1.82, 2.24) is 15.1 Å². The Morgan fingerprint density at radius 3 is 2.73 bits per heavy atom. The molecule has 1 aromatic heterocycles. The molecule has 2 saturated carbocycles. The molecular formula is C17H28N4O. The number of nitrogens with one attached hydrogen (secondary N) is 1. The average molecular weight is 304 g/mol. The standard InChI is InChI=1S/C17H28N4O/c18-17(9-4-1-5-10-17)13-19-16(22)14-7-2-3-8-15(14)21-12-6-11-20-21/h6,11-12,14-15H,1-5,7-10,13,18H2,(H,19,22). The second-order valence-electron chi connectivity index (χ2n) is 7.09. The molecule has 2 aliphatic carbocycles. The van der Waals surface area contributed by atoms with Crippen molar-refractivity contribution in [3.05, 3.63) is 18.5 Å². The van der Waals surface area contributed by atoms with Crippen LogP contribution in [-0.4, -0.2) is 27.8 Å². The quantitative estimate of drug-likeness (QED) is 0.897. The number of nitrogens with zero attached hydrogens (tertiary/aromatic N) is 2. The largest absolute Gasteiger partial charge is 0.354 e. The van der Waals surface area contributed by atoms with Crippen LogP contribution in [0, 0.1) is 5.92 Å². The number of carbonyl (C=O) groups excluding carboxylic acids is 1. The number of amides is 1. The van der Waals surface area contributed by atoms with E-state index in [0.717, 1.165) is 32.1 Å². The van der Waals surface area contributed by atoms with E-state index in [9.17, 15) is 4.79 Å². The molecule has 0 spiro atoms. The molecule has 2 fully saturated rings. The Labute approximate surface area is 132 Å². The zero-order valence-electron chi connectivity index (χ0n) is 13.3. The molecule has 5 nitrogen and oxygen atoms in total. The van der Waals surface area contributed by atoms with Gasteiger partial charge in [0.05, 0.1) is 12.0 Å². The lowest BCUT2D eigenvalue weighted by molar-refractivity contribution is -0.128. The first-order chi connectivity index (χ1) is 10.7. The van der Waals surface area contributed by atoms with Crippen molar-refractivity contribution in [3.63, 3.8) is 0 Å². The fourth-order valence-corrected chi connectivity index (χ4v) is 4.04. The maximum Gasteiger partial charge on any atom is 0.225 e. The summed E-state index contributed by atoms with van der Waals surface area (Å²) in [4.78, 5) is 12.7. The minimum absolute atomic E-state index is 0.0286. The van der Waals surface area contributed by atoms with E-state index in [1.807, 2.05) is 16.9 Å². The molecule has 0 aromatic carbocycles. The highest BCUT2D eigenvalue weighted by Gasteiger charge is 2.34. The SMILES string of the molecule is NC1(CNC(=O)C2CCCCC2n2cccn2)CCCCC1. The van der Waals surface area contributed by atoms with Gasteiger partial charge < -0.3 is 11.1 Å². The zero-order chi connectivity index (χ0) is 15.4. The van der Waals surface area contributed by atoms with Gasteiger partial charge in [0.1, 0.15) is 0 Å². The molecule has 3 rings (SSSR count). The van der Waals surface area contributed by atoms with E-state index in [2.05, 4.69) is 10.4 Å². The van der Waals surface area contributed by atoms with E-state index in [1.54, 1.807) is 6.20 Å². The Morgan fingerprint density at radius 2 is 2.00 bits per heavy atom. The molecule has 2 atom stereocenters. The van der Waals surface area contributed by atoms with E-state index in [0.29, 0.717) is 6.54 Å². The Morgan fingerprint density at radius 1 is 1.23 bits per heavy atom. The maximum absolute atomic E-state index is 12.7. The molecule has 122 valence electrons. The molecule has 5 heteroatoms. The maximum atomic E-state index is 12.7. The van der Waals surface area contributed by atoms with Crippen molar-refractivity contribution in [2.75, 3.05) is 6.54 Å². The summed E-state index contributed by atoms with van der Waals surface area (Å²) >= 11 is 0. The molecule has 1 aromatic rings. The minimum atomic E-state index is -0.191. The van der Waals surface area contributed by atoms with Crippen molar-refractivity contribution in [2.24, 2.45) is 11.7 Å². The van der Waals surface area contributed by atoms with Gasteiger partial charge >= 0.3 is 0 Å². The number of carbonyl (C=O) groups is 1. The fourth-order valence-electron chi connectivity index (χ4n) is 4.04. The fraction of sp³-hybridized carbons (Fsp3) is 0.765. The number of hydrogen-bond donors (Lipinski definition) is 2. The molecule has 0 aliphatic heterocycles. The van der Waals surface area contributed by atoms with Gasteiger partial charge in [0.15, 0.2) is 0 Å². The van der Waals surface area contributed by atoms with Gasteiger partial charge in [-0.05, 0) is 31.7 Å². The van der Waals surface area contributed by atoms with Crippen LogP contribution in [0.4, 0.5) is 0 Å². The van der Waals surface area contributed by atoms with Crippen LogP contribution >= 0.6 is 0 Å². The van der Waals surface area contributed by atoms with E-state index in [-0.39, 0.29) is 23.4 Å². The van der Waals surface area contributed by atoms with Crippen molar-refractivity contribution in [1.29, 1.82) is 0 Å². The van der Waals surface area contributed by atoms with Crippen molar-refractivity contribution < 1.29 is 4.79 Å². The highest BCUT2D eigenvalue weighted by atomic mass is 16.1. The van der Waals surface area contributed by atoms with Gasteiger partial charge in [-0.15, -0.1) is 0 Å². The predicted octanol–water partition coefficient (Wildman–Crippen LogP) is 2.39. The molecule has 0 saturated heterocycles. The second kappa shape index (κ2) is 6.82. The Bertz CT molecular complexity index is 479. The summed E-state index contributed by atoms with van der Waals surface area (Å²) in [6.07, 6.45) is 13.8. The third-order valence-electron chi connectivity index (χ3n) is 5.39. The summed E-state index contributed by atoms with van der Waals surface area (Å²) in [6.45, 7) is 0.619. The smallest absolute Gasteiger partial charge is 0.225 e. The third-order valence-corrected chi connectivity index (χ3v) is 5.39. The van der Waals surface area contributed by atoms with Gasteiger partial charge in [-0.1, -0.05) is 32.1 Å². The molecule has 1 amide bonds. The highest BCUT2D eigenvalue weighted by molar-refractivity contribution is 5.79. The molecule has 1 heterocycles. The summed E-state index contributed by atoms with van der Waals surface area (Å²) < 4.78 is 1.96. The first-order valence-corrected chi connectivity index (χ1v) is 8.74. The topological polar surface area (TPSA) is 72.9 Å². The molecule has 0 bridgehead atoms. The zero-order valence-corrected chi connectivity index (χ0v) is 13.3. The first-order valence-electron chi connectivity index (χ1n) is 8.74. The Hall–Kier alpha value is -1.36. The lowest BCUT2D eigenvalue weighted by atomic mass is 9.81. The summed E-state index contributed by atoms with van der Waals surface area (Å²) in [6, 6.07) is 2.13. The van der Waals surface area contributed by atoms with E-state index >= 15 is 0 Å². The van der Waals surface area contributed by atoms with Crippen LogP contribution < -0.4 is 11.1 Å². The lowest BCUT2D eigenvalue weighted by Gasteiger charge is -2.35. The van der Waals surface area contributed by atoms with E-state index < -0.39 is 0 Å². The van der Waals surface area contributed by atoms with Gasteiger partial charge in [-0.2, -0.15) is 5.10 Å². The van der Waals surface area contributed by atoms with Crippen LogP contribution in [0.3, 0.4) is 0 Å². The van der Waals surface area contributed by atoms with Gasteiger partial charge in [-0.25, -0.2) is 0 Å². The summed E-state index contributed by atoms with van der Waals surface area (Å²) in [5.41, 5.74) is 6.24. The summed E-state index contributed by atoms with van der Waals surface area (Å²) in [7, 11) is 0. The molecule has 0 radical (unpaired) electrons. The number of rotatable bonds is 4. The number of nitrogens with two attached hydrogens (primary N) is 1. The monoisotopic (exact) mass is 304 g/mol. The van der Waals surface area contributed by atoms with Crippen LogP contribution in [-0.2, 0) is 4.79 Å². The van der Waals surface area contributed by atoms with Crippen molar-refractivity contribution >= 4 is 5.91 Å². The summed E-state index contributed by atoms with van der Waals surface area (Å²) in [5.74, 6) is 0.191. The van der Waals surface area contributed by atoms with Crippen LogP contribution in [0.1, 0.15) is 63.8 Å². The van der Waals surface area contributed by atoms with Gasteiger partial charge in [0.2, 0.25) is 5.91 Å². The average Bonchev–Trinajstić information content (AvgIpc) is 3.08. The summed E-state index contributed by atoms with van der Waals surface area (Å²) in [5, 5.41) is 7.50. The normalized spacial score (nSPS) is 28.2. The van der Waals surface area contributed by atoms with Crippen LogP contribution in [0.25, 0.3) is 0 Å². The predicted molar refractivity (Wildman–Crippen MR) is 86.2 cm³/mol.